The molecule has 24 heavy (non-hydrogen) atoms. The van der Waals surface area contributed by atoms with Gasteiger partial charge in [-0.15, -0.1) is 0 Å². The summed E-state index contributed by atoms with van der Waals surface area (Å²) in [6.45, 7) is 6.02. The quantitative estimate of drug-likeness (QED) is 0.389. The third-order valence-electron chi connectivity index (χ3n) is 4.02. The van der Waals surface area contributed by atoms with Crippen LogP contribution in [-0.2, 0) is 18.1 Å². The first-order valence-electron chi connectivity index (χ1n) is 9.40. The summed E-state index contributed by atoms with van der Waals surface area (Å²) in [6, 6.07) is 0. The van der Waals surface area contributed by atoms with Crippen LogP contribution in [0, 0.1) is 0 Å². The van der Waals surface area contributed by atoms with E-state index in [1.165, 1.54) is 31.0 Å². The van der Waals surface area contributed by atoms with Crippen LogP contribution < -0.4 is 0 Å². The van der Waals surface area contributed by atoms with Gasteiger partial charge in [-0.25, -0.2) is 0 Å². The standard InChI is InChI=1S/C17H34O5SSi/c1-3-5-6-7-8-11-16(19)23-17(4-2)24(20-13-9-12-18)21-14-10-15-22-24/h17-18H,3-15H2,1-2H3. The highest BCUT2D eigenvalue weighted by Crippen LogP contribution is 2.32. The van der Waals surface area contributed by atoms with Gasteiger partial charge in [-0.3, -0.25) is 4.79 Å². The van der Waals surface area contributed by atoms with E-state index in [1.807, 2.05) is 0 Å². The number of thioether (sulfide) groups is 1. The number of hydrogen-bond donors (Lipinski definition) is 1. The fourth-order valence-corrected chi connectivity index (χ4v) is 7.59. The maximum absolute atomic E-state index is 12.3. The van der Waals surface area contributed by atoms with Crippen molar-refractivity contribution >= 4 is 25.7 Å². The number of unbranched alkanes of at least 4 members (excludes halogenated alkanes) is 4. The zero-order valence-corrected chi connectivity index (χ0v) is 17.1. The van der Waals surface area contributed by atoms with Crippen LogP contribution in [0.2, 0.25) is 0 Å². The predicted molar refractivity (Wildman–Crippen MR) is 100.0 cm³/mol. The van der Waals surface area contributed by atoms with E-state index in [9.17, 15) is 4.79 Å². The molecule has 1 saturated heterocycles. The maximum Gasteiger partial charge on any atom is 0.515 e. The third kappa shape index (κ3) is 7.97. The molecule has 1 heterocycles. The van der Waals surface area contributed by atoms with Crippen LogP contribution in [-0.4, -0.2) is 50.3 Å². The van der Waals surface area contributed by atoms with Crippen LogP contribution >= 0.6 is 11.8 Å². The van der Waals surface area contributed by atoms with Gasteiger partial charge < -0.3 is 18.4 Å². The van der Waals surface area contributed by atoms with Crippen molar-refractivity contribution in [2.75, 3.05) is 26.4 Å². The van der Waals surface area contributed by atoms with E-state index in [0.717, 1.165) is 25.7 Å². The normalized spacial score (nSPS) is 18.5. The molecule has 0 bridgehead atoms. The molecule has 1 atom stereocenters. The number of hydrogen-bond acceptors (Lipinski definition) is 6. The zero-order chi connectivity index (χ0) is 17.7. The molecule has 0 saturated carbocycles. The summed E-state index contributed by atoms with van der Waals surface area (Å²) < 4.78 is 17.9. The Hall–Kier alpha value is 0.0769. The van der Waals surface area contributed by atoms with Gasteiger partial charge >= 0.3 is 8.80 Å². The summed E-state index contributed by atoms with van der Waals surface area (Å²) in [4.78, 5) is 12.3. The van der Waals surface area contributed by atoms with Gasteiger partial charge in [-0.05, 0) is 25.7 Å². The number of aliphatic hydroxyl groups is 1. The van der Waals surface area contributed by atoms with E-state index in [0.29, 0.717) is 32.7 Å². The number of carbonyl (C=O) groups excluding carboxylic acids is 1. The van der Waals surface area contributed by atoms with Gasteiger partial charge in [0.2, 0.25) is 0 Å². The van der Waals surface area contributed by atoms with E-state index in [1.54, 1.807) is 0 Å². The van der Waals surface area contributed by atoms with Crippen LogP contribution in [0.1, 0.15) is 71.6 Å². The second kappa shape index (κ2) is 13.3. The predicted octanol–water partition coefficient (Wildman–Crippen LogP) is 3.70. The lowest BCUT2D eigenvalue weighted by Crippen LogP contribution is -2.58. The molecule has 1 aliphatic rings. The minimum Gasteiger partial charge on any atom is -0.396 e. The molecule has 1 unspecified atom stereocenters. The van der Waals surface area contributed by atoms with Crippen molar-refractivity contribution in [2.45, 2.75) is 76.5 Å². The van der Waals surface area contributed by atoms with E-state index in [-0.39, 0.29) is 16.6 Å². The Balaban J connectivity index is 2.50. The molecule has 1 fully saturated rings. The van der Waals surface area contributed by atoms with Crippen molar-refractivity contribution in [3.05, 3.63) is 0 Å². The Morgan fingerprint density at radius 3 is 2.50 bits per heavy atom. The van der Waals surface area contributed by atoms with Crippen LogP contribution in [0.5, 0.6) is 0 Å². The van der Waals surface area contributed by atoms with Crippen LogP contribution in [0.25, 0.3) is 0 Å². The summed E-state index contributed by atoms with van der Waals surface area (Å²) >= 11 is 1.36. The molecule has 0 aliphatic carbocycles. The highest BCUT2D eigenvalue weighted by atomic mass is 32.2. The van der Waals surface area contributed by atoms with Gasteiger partial charge in [-0.2, -0.15) is 0 Å². The second-order valence-electron chi connectivity index (χ2n) is 6.13. The van der Waals surface area contributed by atoms with E-state index < -0.39 is 8.80 Å². The molecule has 0 aromatic heterocycles. The smallest absolute Gasteiger partial charge is 0.396 e. The highest BCUT2D eigenvalue weighted by molar-refractivity contribution is 8.15. The average Bonchev–Trinajstić information content (AvgIpc) is 2.60. The molecule has 1 rings (SSSR count). The molecule has 0 aromatic carbocycles. The first kappa shape index (κ1) is 22.1. The lowest BCUT2D eigenvalue weighted by Gasteiger charge is -2.37. The monoisotopic (exact) mass is 378 g/mol. The Morgan fingerprint density at radius 2 is 1.88 bits per heavy atom. The number of carbonyl (C=O) groups is 1. The Kier molecular flexibility index (Phi) is 12.3. The zero-order valence-electron chi connectivity index (χ0n) is 15.3. The minimum atomic E-state index is -2.84. The molecular weight excluding hydrogens is 344 g/mol. The van der Waals surface area contributed by atoms with Gasteiger partial charge in [0.15, 0.2) is 5.12 Å². The van der Waals surface area contributed by atoms with Crippen molar-refractivity contribution in [1.29, 1.82) is 0 Å². The summed E-state index contributed by atoms with van der Waals surface area (Å²) in [5, 5.41) is 9.19. The van der Waals surface area contributed by atoms with Crippen molar-refractivity contribution < 1.29 is 23.2 Å². The van der Waals surface area contributed by atoms with Crippen molar-refractivity contribution in [3.63, 3.8) is 0 Å². The molecule has 0 aromatic rings. The Bertz CT molecular complexity index is 337. The molecule has 0 radical (unpaired) electrons. The first-order chi connectivity index (χ1) is 11.7. The van der Waals surface area contributed by atoms with Gasteiger partial charge in [-0.1, -0.05) is 51.3 Å². The molecule has 5 nitrogen and oxygen atoms in total. The van der Waals surface area contributed by atoms with E-state index in [4.69, 9.17) is 18.4 Å². The van der Waals surface area contributed by atoms with Gasteiger partial charge in [0.05, 0.1) is 4.87 Å². The first-order valence-corrected chi connectivity index (χ1v) is 12.1. The molecular formula is C17H34O5SSi. The minimum absolute atomic E-state index is 0.0420. The number of aliphatic hydroxyl groups excluding tert-OH is 1. The molecule has 142 valence electrons. The van der Waals surface area contributed by atoms with Gasteiger partial charge in [0.1, 0.15) is 0 Å². The maximum atomic E-state index is 12.3. The Labute approximate surface area is 152 Å². The lowest BCUT2D eigenvalue weighted by atomic mass is 10.1. The summed E-state index contributed by atoms with van der Waals surface area (Å²) in [7, 11) is -2.84. The summed E-state index contributed by atoms with van der Waals surface area (Å²) in [5.41, 5.74) is 0. The fourth-order valence-electron chi connectivity index (χ4n) is 2.67. The second-order valence-corrected chi connectivity index (χ2v) is 10.6. The van der Waals surface area contributed by atoms with Crippen LogP contribution in [0.4, 0.5) is 0 Å². The van der Waals surface area contributed by atoms with E-state index >= 15 is 0 Å². The van der Waals surface area contributed by atoms with Crippen molar-refractivity contribution in [3.8, 4) is 0 Å². The summed E-state index contributed by atoms with van der Waals surface area (Å²) in [5.74, 6) is 0. The summed E-state index contributed by atoms with van der Waals surface area (Å²) in [6.07, 6.45) is 8.59. The number of rotatable bonds is 13. The van der Waals surface area contributed by atoms with Crippen molar-refractivity contribution in [1.82, 2.24) is 0 Å². The largest absolute Gasteiger partial charge is 0.515 e. The average molecular weight is 379 g/mol. The van der Waals surface area contributed by atoms with Crippen LogP contribution in [0.3, 0.4) is 0 Å². The van der Waals surface area contributed by atoms with E-state index in [2.05, 4.69) is 13.8 Å². The highest BCUT2D eigenvalue weighted by Gasteiger charge is 2.51. The van der Waals surface area contributed by atoms with Gasteiger partial charge in [0, 0.05) is 32.8 Å². The molecule has 1 aliphatic heterocycles. The van der Waals surface area contributed by atoms with Gasteiger partial charge in [0.25, 0.3) is 0 Å². The Morgan fingerprint density at radius 1 is 1.17 bits per heavy atom. The lowest BCUT2D eigenvalue weighted by molar-refractivity contribution is -0.111. The molecule has 7 heteroatoms. The molecule has 0 amide bonds. The van der Waals surface area contributed by atoms with Crippen molar-refractivity contribution in [2.24, 2.45) is 0 Å². The fraction of sp³-hybridized carbons (Fsp3) is 0.941. The SMILES string of the molecule is CCCCCCCC(=O)SC(CC)[Si]1(OCCCO)OCCCO1. The van der Waals surface area contributed by atoms with Crippen LogP contribution in [0.15, 0.2) is 0 Å². The molecule has 0 spiro atoms. The third-order valence-corrected chi connectivity index (χ3v) is 9.35. The topological polar surface area (TPSA) is 65.0 Å². The molecule has 1 N–H and O–H groups in total.